The summed E-state index contributed by atoms with van der Waals surface area (Å²) in [7, 11) is 0. The standard InChI is InChI=1S/C24H33N3/c1-21-6-5-9-23(18-21)20-26-14-16-27(17-15-26)24-10-12-25(13-11-24)19-22-7-3-2-4-8-22/h2-9,18,24H,10-17,19-20H2,1H3. The summed E-state index contributed by atoms with van der Waals surface area (Å²) in [6.07, 6.45) is 2.65. The first kappa shape index (κ1) is 18.7. The molecule has 0 aromatic heterocycles. The molecule has 0 saturated carbocycles. The van der Waals surface area contributed by atoms with Crippen molar-refractivity contribution in [2.24, 2.45) is 0 Å². The highest BCUT2D eigenvalue weighted by Gasteiger charge is 2.27. The Morgan fingerprint density at radius 1 is 0.704 bits per heavy atom. The molecule has 144 valence electrons. The van der Waals surface area contributed by atoms with E-state index in [4.69, 9.17) is 0 Å². The summed E-state index contributed by atoms with van der Waals surface area (Å²) in [5, 5.41) is 0. The molecule has 2 aliphatic rings. The van der Waals surface area contributed by atoms with Gasteiger partial charge in [0, 0.05) is 45.3 Å². The number of benzene rings is 2. The van der Waals surface area contributed by atoms with Crippen molar-refractivity contribution in [1.29, 1.82) is 0 Å². The molecule has 0 atom stereocenters. The maximum absolute atomic E-state index is 2.76. The molecule has 0 unspecified atom stereocenters. The molecule has 0 aliphatic carbocycles. The van der Waals surface area contributed by atoms with Crippen LogP contribution in [0.4, 0.5) is 0 Å². The topological polar surface area (TPSA) is 9.72 Å². The van der Waals surface area contributed by atoms with Crippen molar-refractivity contribution in [1.82, 2.24) is 14.7 Å². The third-order valence-corrected chi connectivity index (χ3v) is 6.22. The van der Waals surface area contributed by atoms with Gasteiger partial charge in [0.2, 0.25) is 0 Å². The van der Waals surface area contributed by atoms with Crippen LogP contribution in [-0.4, -0.2) is 60.0 Å². The SMILES string of the molecule is Cc1cccc(CN2CCN(C3CCN(Cc4ccccc4)CC3)CC2)c1. The van der Waals surface area contributed by atoms with Gasteiger partial charge in [0.15, 0.2) is 0 Å². The molecule has 2 aromatic carbocycles. The Bertz CT molecular complexity index is 699. The highest BCUT2D eigenvalue weighted by molar-refractivity contribution is 5.22. The molecule has 2 heterocycles. The lowest BCUT2D eigenvalue weighted by Gasteiger charge is -2.43. The number of rotatable bonds is 5. The first-order valence-corrected chi connectivity index (χ1v) is 10.5. The zero-order chi connectivity index (χ0) is 18.5. The Hall–Kier alpha value is -1.68. The first-order chi connectivity index (χ1) is 13.3. The molecule has 2 aromatic rings. The lowest BCUT2D eigenvalue weighted by atomic mass is 10.0. The van der Waals surface area contributed by atoms with Gasteiger partial charge in [-0.3, -0.25) is 14.7 Å². The van der Waals surface area contributed by atoms with Crippen LogP contribution in [0.1, 0.15) is 29.5 Å². The Kier molecular flexibility index (Phi) is 6.23. The number of hydrogen-bond donors (Lipinski definition) is 0. The second-order valence-corrected chi connectivity index (χ2v) is 8.29. The molecular formula is C24H33N3. The maximum Gasteiger partial charge on any atom is 0.0234 e. The van der Waals surface area contributed by atoms with E-state index in [1.807, 2.05) is 0 Å². The summed E-state index contributed by atoms with van der Waals surface area (Å²) < 4.78 is 0. The Balaban J connectivity index is 1.20. The van der Waals surface area contributed by atoms with Crippen molar-refractivity contribution in [3.8, 4) is 0 Å². The van der Waals surface area contributed by atoms with E-state index in [2.05, 4.69) is 76.2 Å². The molecule has 27 heavy (non-hydrogen) atoms. The normalized spacial score (nSPS) is 20.8. The molecule has 0 radical (unpaired) electrons. The fourth-order valence-electron chi connectivity index (χ4n) is 4.64. The highest BCUT2D eigenvalue weighted by atomic mass is 15.3. The van der Waals surface area contributed by atoms with Crippen molar-refractivity contribution in [3.05, 3.63) is 71.3 Å². The quantitative estimate of drug-likeness (QED) is 0.800. The van der Waals surface area contributed by atoms with Crippen LogP contribution in [0.5, 0.6) is 0 Å². The second-order valence-electron chi connectivity index (χ2n) is 8.29. The van der Waals surface area contributed by atoms with E-state index in [1.54, 1.807) is 0 Å². The summed E-state index contributed by atoms with van der Waals surface area (Å²) in [5.74, 6) is 0. The van der Waals surface area contributed by atoms with Gasteiger partial charge in [-0.1, -0.05) is 60.2 Å². The van der Waals surface area contributed by atoms with E-state index in [0.717, 1.165) is 19.1 Å². The van der Waals surface area contributed by atoms with Gasteiger partial charge in [-0.15, -0.1) is 0 Å². The van der Waals surface area contributed by atoms with Gasteiger partial charge in [-0.2, -0.15) is 0 Å². The van der Waals surface area contributed by atoms with E-state index >= 15 is 0 Å². The predicted octanol–water partition coefficient (Wildman–Crippen LogP) is 3.78. The molecule has 0 N–H and O–H groups in total. The Morgan fingerprint density at radius 2 is 1.33 bits per heavy atom. The average molecular weight is 364 g/mol. The van der Waals surface area contributed by atoms with Crippen molar-refractivity contribution in [2.45, 2.75) is 38.9 Å². The van der Waals surface area contributed by atoms with Crippen LogP contribution in [0.15, 0.2) is 54.6 Å². The van der Waals surface area contributed by atoms with Gasteiger partial charge in [0.1, 0.15) is 0 Å². The van der Waals surface area contributed by atoms with E-state index in [0.29, 0.717) is 0 Å². The molecule has 4 rings (SSSR count). The molecule has 3 heteroatoms. The monoisotopic (exact) mass is 363 g/mol. The average Bonchev–Trinajstić information content (AvgIpc) is 2.70. The third kappa shape index (κ3) is 5.19. The minimum Gasteiger partial charge on any atom is -0.299 e. The van der Waals surface area contributed by atoms with Crippen molar-refractivity contribution < 1.29 is 0 Å². The minimum absolute atomic E-state index is 0.790. The van der Waals surface area contributed by atoms with E-state index in [9.17, 15) is 0 Å². The lowest BCUT2D eigenvalue weighted by molar-refractivity contribution is 0.0550. The fraction of sp³-hybridized carbons (Fsp3) is 0.500. The maximum atomic E-state index is 2.76. The zero-order valence-corrected chi connectivity index (χ0v) is 16.7. The lowest BCUT2D eigenvalue weighted by Crippen LogP contribution is -2.52. The number of piperidine rings is 1. The van der Waals surface area contributed by atoms with E-state index in [1.165, 1.54) is 68.8 Å². The van der Waals surface area contributed by atoms with Crippen molar-refractivity contribution in [3.63, 3.8) is 0 Å². The molecule has 2 saturated heterocycles. The number of hydrogen-bond acceptors (Lipinski definition) is 3. The van der Waals surface area contributed by atoms with Crippen molar-refractivity contribution >= 4 is 0 Å². The summed E-state index contributed by atoms with van der Waals surface area (Å²) >= 11 is 0. The third-order valence-electron chi connectivity index (χ3n) is 6.22. The number of piperazine rings is 1. The van der Waals surface area contributed by atoms with Gasteiger partial charge >= 0.3 is 0 Å². The van der Waals surface area contributed by atoms with Crippen LogP contribution < -0.4 is 0 Å². The van der Waals surface area contributed by atoms with Crippen LogP contribution in [0.3, 0.4) is 0 Å². The van der Waals surface area contributed by atoms with Gasteiger partial charge in [0.25, 0.3) is 0 Å². The largest absolute Gasteiger partial charge is 0.299 e. The molecule has 0 bridgehead atoms. The van der Waals surface area contributed by atoms with Crippen LogP contribution in [0, 0.1) is 6.92 Å². The van der Waals surface area contributed by atoms with Gasteiger partial charge in [-0.05, 0) is 44.0 Å². The predicted molar refractivity (Wildman–Crippen MR) is 113 cm³/mol. The summed E-state index contributed by atoms with van der Waals surface area (Å²) in [6.45, 7) is 11.8. The van der Waals surface area contributed by atoms with Crippen LogP contribution in [0.25, 0.3) is 0 Å². The van der Waals surface area contributed by atoms with E-state index in [-0.39, 0.29) is 0 Å². The first-order valence-electron chi connectivity index (χ1n) is 10.5. The highest BCUT2D eigenvalue weighted by Crippen LogP contribution is 2.20. The smallest absolute Gasteiger partial charge is 0.0234 e. The Labute approximate surface area is 164 Å². The fourth-order valence-corrected chi connectivity index (χ4v) is 4.64. The Morgan fingerprint density at radius 3 is 2.04 bits per heavy atom. The van der Waals surface area contributed by atoms with Crippen LogP contribution in [0.2, 0.25) is 0 Å². The van der Waals surface area contributed by atoms with Crippen LogP contribution in [-0.2, 0) is 13.1 Å². The van der Waals surface area contributed by atoms with Gasteiger partial charge < -0.3 is 0 Å². The molecule has 2 fully saturated rings. The summed E-state index contributed by atoms with van der Waals surface area (Å²) in [4.78, 5) is 8.00. The van der Waals surface area contributed by atoms with Gasteiger partial charge in [-0.25, -0.2) is 0 Å². The second kappa shape index (κ2) is 9.01. The molecule has 3 nitrogen and oxygen atoms in total. The van der Waals surface area contributed by atoms with Crippen LogP contribution >= 0.6 is 0 Å². The van der Waals surface area contributed by atoms with Gasteiger partial charge in [0.05, 0.1) is 0 Å². The number of likely N-dealkylation sites (tertiary alicyclic amines) is 1. The molecular weight excluding hydrogens is 330 g/mol. The minimum atomic E-state index is 0.790. The van der Waals surface area contributed by atoms with E-state index < -0.39 is 0 Å². The zero-order valence-electron chi connectivity index (χ0n) is 16.7. The molecule has 2 aliphatic heterocycles. The van der Waals surface area contributed by atoms with Crippen molar-refractivity contribution in [2.75, 3.05) is 39.3 Å². The molecule has 0 amide bonds. The summed E-state index contributed by atoms with van der Waals surface area (Å²) in [5.41, 5.74) is 4.27. The summed E-state index contributed by atoms with van der Waals surface area (Å²) in [6, 6.07) is 20.7. The molecule has 0 spiro atoms. The number of nitrogens with zero attached hydrogens (tertiary/aromatic N) is 3. The number of aryl methyl sites for hydroxylation is 1.